The molecule has 0 spiro atoms. The zero-order valence-electron chi connectivity index (χ0n) is 11.9. The highest BCUT2D eigenvalue weighted by atomic mass is 16.5. The molecule has 1 amide bonds. The molecule has 0 radical (unpaired) electrons. The molecule has 1 fully saturated rings. The number of hydrogen-bond donors (Lipinski definition) is 2. The Morgan fingerprint density at radius 2 is 2.10 bits per heavy atom. The molecule has 0 aromatic heterocycles. The highest BCUT2D eigenvalue weighted by molar-refractivity contribution is 5.95. The minimum atomic E-state index is -1.02. The van der Waals surface area contributed by atoms with Crippen molar-refractivity contribution in [3.63, 3.8) is 0 Å². The quantitative estimate of drug-likeness (QED) is 0.866. The molecular formula is C15H19NO4. The van der Waals surface area contributed by atoms with Gasteiger partial charge in [-0.05, 0) is 42.5 Å². The Morgan fingerprint density at radius 1 is 1.45 bits per heavy atom. The van der Waals surface area contributed by atoms with Crippen LogP contribution in [0.4, 0.5) is 5.69 Å². The third-order valence-electron chi connectivity index (χ3n) is 3.65. The molecule has 1 aliphatic rings. The molecule has 1 aliphatic carbocycles. The van der Waals surface area contributed by atoms with Crippen molar-refractivity contribution in [2.24, 2.45) is 11.3 Å². The third-order valence-corrected chi connectivity index (χ3v) is 3.65. The first-order chi connectivity index (χ1) is 9.29. The van der Waals surface area contributed by atoms with Gasteiger partial charge in [-0.15, -0.1) is 0 Å². The van der Waals surface area contributed by atoms with Gasteiger partial charge in [0.25, 0.3) is 0 Å². The van der Waals surface area contributed by atoms with E-state index in [9.17, 15) is 9.59 Å². The summed E-state index contributed by atoms with van der Waals surface area (Å²) in [7, 11) is 0. The number of benzene rings is 1. The normalized spacial score (nSPS) is 19.2. The molecule has 0 aliphatic heterocycles. The van der Waals surface area contributed by atoms with E-state index in [0.717, 1.165) is 17.7 Å². The molecule has 108 valence electrons. The van der Waals surface area contributed by atoms with E-state index in [0.29, 0.717) is 5.75 Å². The van der Waals surface area contributed by atoms with Gasteiger partial charge >= 0.3 is 5.97 Å². The van der Waals surface area contributed by atoms with Crippen molar-refractivity contribution in [2.75, 3.05) is 11.9 Å². The van der Waals surface area contributed by atoms with Gasteiger partial charge in [0.05, 0.1) is 0 Å². The second-order valence-corrected chi connectivity index (χ2v) is 5.89. The Morgan fingerprint density at radius 3 is 2.60 bits per heavy atom. The number of rotatable bonds is 5. The van der Waals surface area contributed by atoms with Crippen LogP contribution in [0.5, 0.6) is 5.75 Å². The number of hydrogen-bond acceptors (Lipinski definition) is 3. The van der Waals surface area contributed by atoms with E-state index in [1.807, 2.05) is 6.92 Å². The van der Waals surface area contributed by atoms with Crippen molar-refractivity contribution in [1.29, 1.82) is 0 Å². The standard InChI is InChI=1S/C15H19NO4/c1-9-6-10(20-8-13(17)18)4-5-12(9)16-14(19)11-7-15(11,2)3/h4-6,11H,7-8H2,1-3H3,(H,16,19)(H,17,18). The van der Waals surface area contributed by atoms with Crippen molar-refractivity contribution in [3.8, 4) is 5.75 Å². The fraction of sp³-hybridized carbons (Fsp3) is 0.467. The first kappa shape index (κ1) is 14.4. The van der Waals surface area contributed by atoms with E-state index in [-0.39, 0.29) is 23.8 Å². The number of carboxylic acids is 1. The number of carboxylic acid groups (broad SMARTS) is 1. The Bertz CT molecular complexity index is 551. The van der Waals surface area contributed by atoms with Gasteiger partial charge in [-0.25, -0.2) is 4.79 Å². The maximum absolute atomic E-state index is 12.0. The summed E-state index contributed by atoms with van der Waals surface area (Å²) >= 11 is 0. The van der Waals surface area contributed by atoms with Crippen LogP contribution in [0.25, 0.3) is 0 Å². The molecule has 5 heteroatoms. The molecular weight excluding hydrogens is 258 g/mol. The summed E-state index contributed by atoms with van der Waals surface area (Å²) in [6.45, 7) is 5.63. The van der Waals surface area contributed by atoms with E-state index >= 15 is 0 Å². The van der Waals surface area contributed by atoms with Gasteiger partial charge in [0.2, 0.25) is 5.91 Å². The van der Waals surface area contributed by atoms with Crippen LogP contribution in [0.2, 0.25) is 0 Å². The molecule has 1 aromatic carbocycles. The molecule has 0 heterocycles. The minimum Gasteiger partial charge on any atom is -0.482 e. The van der Waals surface area contributed by atoms with Gasteiger partial charge in [-0.2, -0.15) is 0 Å². The van der Waals surface area contributed by atoms with Crippen LogP contribution in [0.3, 0.4) is 0 Å². The number of carbonyl (C=O) groups is 2. The lowest BCUT2D eigenvalue weighted by Gasteiger charge is -2.11. The van der Waals surface area contributed by atoms with Crippen molar-refractivity contribution in [1.82, 2.24) is 0 Å². The molecule has 5 nitrogen and oxygen atoms in total. The summed E-state index contributed by atoms with van der Waals surface area (Å²) in [4.78, 5) is 22.5. The van der Waals surface area contributed by atoms with E-state index in [1.165, 1.54) is 0 Å². The lowest BCUT2D eigenvalue weighted by Crippen LogP contribution is -2.17. The number of nitrogens with one attached hydrogen (secondary N) is 1. The van der Waals surface area contributed by atoms with Crippen LogP contribution < -0.4 is 10.1 Å². The van der Waals surface area contributed by atoms with Crippen LogP contribution in [0, 0.1) is 18.3 Å². The number of aliphatic carboxylic acids is 1. The maximum Gasteiger partial charge on any atom is 0.341 e. The predicted octanol–water partition coefficient (Wildman–Crippen LogP) is 2.44. The van der Waals surface area contributed by atoms with Gasteiger partial charge in [0, 0.05) is 11.6 Å². The fourth-order valence-corrected chi connectivity index (χ4v) is 2.15. The fourth-order valence-electron chi connectivity index (χ4n) is 2.15. The van der Waals surface area contributed by atoms with Crippen LogP contribution in [-0.4, -0.2) is 23.6 Å². The van der Waals surface area contributed by atoms with Crippen LogP contribution in [0.15, 0.2) is 18.2 Å². The molecule has 2 rings (SSSR count). The topological polar surface area (TPSA) is 75.6 Å². The van der Waals surface area contributed by atoms with Gasteiger partial charge in [-0.1, -0.05) is 13.8 Å². The van der Waals surface area contributed by atoms with Crippen LogP contribution >= 0.6 is 0 Å². The lowest BCUT2D eigenvalue weighted by molar-refractivity contribution is -0.139. The molecule has 1 saturated carbocycles. The summed E-state index contributed by atoms with van der Waals surface area (Å²) in [5, 5.41) is 11.5. The average Bonchev–Trinajstić information content (AvgIpc) is 2.99. The van der Waals surface area contributed by atoms with E-state index in [1.54, 1.807) is 18.2 Å². The van der Waals surface area contributed by atoms with Crippen LogP contribution in [-0.2, 0) is 9.59 Å². The Kier molecular flexibility index (Phi) is 3.70. The van der Waals surface area contributed by atoms with E-state index in [4.69, 9.17) is 9.84 Å². The SMILES string of the molecule is Cc1cc(OCC(=O)O)ccc1NC(=O)C1CC1(C)C. The Balaban J connectivity index is 1.99. The zero-order chi connectivity index (χ0) is 14.9. The Hall–Kier alpha value is -2.04. The monoisotopic (exact) mass is 277 g/mol. The molecule has 1 unspecified atom stereocenters. The first-order valence-corrected chi connectivity index (χ1v) is 6.56. The largest absolute Gasteiger partial charge is 0.482 e. The molecule has 1 aromatic rings. The number of carbonyl (C=O) groups excluding carboxylic acids is 1. The number of anilines is 1. The molecule has 2 N–H and O–H groups in total. The Labute approximate surface area is 117 Å². The van der Waals surface area contributed by atoms with Crippen molar-refractivity contribution in [2.45, 2.75) is 27.2 Å². The van der Waals surface area contributed by atoms with Gasteiger partial charge in [0.15, 0.2) is 6.61 Å². The lowest BCUT2D eigenvalue weighted by atomic mass is 10.1. The van der Waals surface area contributed by atoms with Crippen molar-refractivity contribution < 1.29 is 19.4 Å². The highest BCUT2D eigenvalue weighted by Gasteiger charge is 2.50. The summed E-state index contributed by atoms with van der Waals surface area (Å²) in [5.41, 5.74) is 1.68. The van der Waals surface area contributed by atoms with Crippen molar-refractivity contribution >= 4 is 17.6 Å². The maximum atomic E-state index is 12.0. The zero-order valence-corrected chi connectivity index (χ0v) is 11.9. The van der Waals surface area contributed by atoms with E-state index in [2.05, 4.69) is 19.2 Å². The summed E-state index contributed by atoms with van der Waals surface area (Å²) in [6.07, 6.45) is 0.914. The summed E-state index contributed by atoms with van der Waals surface area (Å²) in [6, 6.07) is 5.11. The highest BCUT2D eigenvalue weighted by Crippen LogP contribution is 2.52. The van der Waals surface area contributed by atoms with Gasteiger partial charge in [0.1, 0.15) is 5.75 Å². The number of amides is 1. The predicted molar refractivity (Wildman–Crippen MR) is 74.8 cm³/mol. The number of ether oxygens (including phenoxy) is 1. The number of aryl methyl sites for hydroxylation is 1. The smallest absolute Gasteiger partial charge is 0.341 e. The third kappa shape index (κ3) is 3.29. The second-order valence-electron chi connectivity index (χ2n) is 5.89. The molecule has 0 saturated heterocycles. The van der Waals surface area contributed by atoms with Gasteiger partial charge in [-0.3, -0.25) is 4.79 Å². The summed E-state index contributed by atoms with van der Waals surface area (Å²) < 4.78 is 5.09. The van der Waals surface area contributed by atoms with E-state index < -0.39 is 5.97 Å². The molecule has 20 heavy (non-hydrogen) atoms. The minimum absolute atomic E-state index is 0.0392. The van der Waals surface area contributed by atoms with Gasteiger partial charge < -0.3 is 15.2 Å². The average molecular weight is 277 g/mol. The first-order valence-electron chi connectivity index (χ1n) is 6.56. The van der Waals surface area contributed by atoms with Crippen LogP contribution in [0.1, 0.15) is 25.8 Å². The second kappa shape index (κ2) is 5.15. The molecule has 0 bridgehead atoms. The summed E-state index contributed by atoms with van der Waals surface area (Å²) in [5.74, 6) is -0.423. The molecule has 1 atom stereocenters. The van der Waals surface area contributed by atoms with Crippen molar-refractivity contribution in [3.05, 3.63) is 23.8 Å².